The summed E-state index contributed by atoms with van der Waals surface area (Å²) in [5.74, 6) is -1.16. The summed E-state index contributed by atoms with van der Waals surface area (Å²) in [5, 5.41) is 3.10. The predicted molar refractivity (Wildman–Crippen MR) is 113 cm³/mol. The Hall–Kier alpha value is -1.67. The van der Waals surface area contributed by atoms with Gasteiger partial charge in [-0.15, -0.1) is 0 Å². The van der Waals surface area contributed by atoms with E-state index < -0.39 is 21.7 Å². The largest absolute Gasteiger partial charge is 0.322 e. The first kappa shape index (κ1) is 22.0. The highest BCUT2D eigenvalue weighted by Gasteiger charge is 2.32. The molecule has 0 bridgehead atoms. The number of anilines is 1. The highest BCUT2D eigenvalue weighted by Crippen LogP contribution is 2.28. The summed E-state index contributed by atoms with van der Waals surface area (Å²) in [6, 6.07) is 7.65. The van der Waals surface area contributed by atoms with Gasteiger partial charge in [0.05, 0.1) is 10.5 Å². The molecule has 5 nitrogen and oxygen atoms in total. The lowest BCUT2D eigenvalue weighted by atomic mass is 9.94. The SMILES string of the molecule is C[C@H]1C[C@H](C)CN(S(=O)(=O)c2ccc(F)c(C(=O)Nc3cc(Cl)cc(Cl)c3)c2)C1. The van der Waals surface area contributed by atoms with Gasteiger partial charge in [0.25, 0.3) is 5.91 Å². The molecule has 0 aliphatic carbocycles. The van der Waals surface area contributed by atoms with Gasteiger partial charge in [-0.3, -0.25) is 4.79 Å². The summed E-state index contributed by atoms with van der Waals surface area (Å²) in [6.45, 7) is 4.79. The highest BCUT2D eigenvalue weighted by molar-refractivity contribution is 7.89. The Morgan fingerprint density at radius 2 is 1.66 bits per heavy atom. The van der Waals surface area contributed by atoms with E-state index in [9.17, 15) is 17.6 Å². The van der Waals surface area contributed by atoms with E-state index in [0.717, 1.165) is 18.6 Å². The molecule has 156 valence electrons. The lowest BCUT2D eigenvalue weighted by Crippen LogP contribution is -2.42. The smallest absolute Gasteiger partial charge is 0.258 e. The number of halogens is 3. The van der Waals surface area contributed by atoms with Crippen LogP contribution in [0.3, 0.4) is 0 Å². The number of rotatable bonds is 4. The maximum absolute atomic E-state index is 14.3. The molecule has 1 N–H and O–H groups in total. The van der Waals surface area contributed by atoms with Crippen molar-refractivity contribution in [3.8, 4) is 0 Å². The molecule has 2 aromatic rings. The number of nitrogens with zero attached hydrogens (tertiary/aromatic N) is 1. The summed E-state index contributed by atoms with van der Waals surface area (Å²) in [5.41, 5.74) is -0.0980. The monoisotopic (exact) mass is 458 g/mol. The molecule has 0 radical (unpaired) electrons. The minimum atomic E-state index is -3.84. The fraction of sp³-hybridized carbons (Fsp3) is 0.350. The van der Waals surface area contributed by atoms with Gasteiger partial charge < -0.3 is 5.32 Å². The molecule has 1 amide bonds. The van der Waals surface area contributed by atoms with Gasteiger partial charge in [-0.05, 0) is 54.7 Å². The van der Waals surface area contributed by atoms with E-state index in [4.69, 9.17) is 23.2 Å². The van der Waals surface area contributed by atoms with Crippen LogP contribution < -0.4 is 5.32 Å². The van der Waals surface area contributed by atoms with Crippen molar-refractivity contribution in [2.45, 2.75) is 25.2 Å². The molecule has 0 unspecified atom stereocenters. The Morgan fingerprint density at radius 3 is 2.24 bits per heavy atom. The Balaban J connectivity index is 1.90. The number of hydrogen-bond acceptors (Lipinski definition) is 3. The first-order valence-electron chi connectivity index (χ1n) is 9.13. The second-order valence-electron chi connectivity index (χ2n) is 7.52. The van der Waals surface area contributed by atoms with Gasteiger partial charge in [0.1, 0.15) is 5.82 Å². The highest BCUT2D eigenvalue weighted by atomic mass is 35.5. The summed E-state index contributed by atoms with van der Waals surface area (Å²) in [7, 11) is -3.84. The first-order chi connectivity index (χ1) is 13.6. The van der Waals surface area contributed by atoms with Crippen molar-refractivity contribution in [1.82, 2.24) is 4.31 Å². The third kappa shape index (κ3) is 5.09. The molecule has 0 spiro atoms. The summed E-state index contributed by atoms with van der Waals surface area (Å²) >= 11 is 11.8. The van der Waals surface area contributed by atoms with Crippen molar-refractivity contribution < 1.29 is 17.6 Å². The van der Waals surface area contributed by atoms with Gasteiger partial charge in [-0.1, -0.05) is 37.0 Å². The van der Waals surface area contributed by atoms with Crippen molar-refractivity contribution >= 4 is 44.8 Å². The van der Waals surface area contributed by atoms with Crippen molar-refractivity contribution in [3.05, 3.63) is 57.8 Å². The quantitative estimate of drug-likeness (QED) is 0.696. The van der Waals surface area contributed by atoms with Crippen molar-refractivity contribution in [1.29, 1.82) is 0 Å². The Morgan fingerprint density at radius 1 is 1.07 bits per heavy atom. The zero-order valence-electron chi connectivity index (χ0n) is 16.0. The van der Waals surface area contributed by atoms with Gasteiger partial charge >= 0.3 is 0 Å². The number of sulfonamides is 1. The number of carbonyl (C=O) groups excluding carboxylic acids is 1. The van der Waals surface area contributed by atoms with Crippen molar-refractivity contribution in [2.75, 3.05) is 18.4 Å². The number of piperidine rings is 1. The van der Waals surface area contributed by atoms with Crippen LogP contribution in [-0.2, 0) is 10.0 Å². The number of hydrogen-bond donors (Lipinski definition) is 1. The van der Waals surface area contributed by atoms with E-state index in [2.05, 4.69) is 5.32 Å². The molecule has 2 aromatic carbocycles. The molecule has 9 heteroatoms. The number of carbonyl (C=O) groups is 1. The Kier molecular flexibility index (Phi) is 6.53. The van der Waals surface area contributed by atoms with Crippen LogP contribution in [0.1, 0.15) is 30.6 Å². The van der Waals surface area contributed by atoms with E-state index in [1.54, 1.807) is 0 Å². The third-order valence-electron chi connectivity index (χ3n) is 4.78. The second-order valence-corrected chi connectivity index (χ2v) is 10.3. The molecular weight excluding hydrogens is 438 g/mol. The van der Waals surface area contributed by atoms with Gasteiger partial charge in [-0.2, -0.15) is 4.31 Å². The molecule has 1 heterocycles. The first-order valence-corrected chi connectivity index (χ1v) is 11.3. The average Bonchev–Trinajstić information content (AvgIpc) is 2.60. The van der Waals surface area contributed by atoms with Crippen LogP contribution in [0.5, 0.6) is 0 Å². The average molecular weight is 459 g/mol. The molecule has 0 saturated carbocycles. The zero-order chi connectivity index (χ0) is 21.3. The molecular formula is C20H21Cl2FN2O3S. The summed E-state index contributed by atoms with van der Waals surface area (Å²) < 4.78 is 41.8. The van der Waals surface area contributed by atoms with Crippen LogP contribution in [0.2, 0.25) is 10.0 Å². The van der Waals surface area contributed by atoms with Crippen LogP contribution in [0.15, 0.2) is 41.3 Å². The topological polar surface area (TPSA) is 66.5 Å². The Bertz CT molecular complexity index is 1020. The normalized spacial score (nSPS) is 20.4. The van der Waals surface area contributed by atoms with E-state index in [1.165, 1.54) is 28.6 Å². The van der Waals surface area contributed by atoms with Gasteiger partial charge in [0, 0.05) is 28.8 Å². The van der Waals surface area contributed by atoms with Gasteiger partial charge in [0.2, 0.25) is 10.0 Å². The third-order valence-corrected chi connectivity index (χ3v) is 7.04. The standard InChI is InChI=1S/C20H21Cl2FN2O3S/c1-12-5-13(2)11-25(10-12)29(27,28)17-3-4-19(23)18(9-17)20(26)24-16-7-14(21)6-15(22)8-16/h3-4,6-9,12-13H,5,10-11H2,1-2H3,(H,24,26)/t12-,13-/m0/s1. The van der Waals surface area contributed by atoms with Crippen molar-refractivity contribution in [3.63, 3.8) is 0 Å². The maximum Gasteiger partial charge on any atom is 0.258 e. The van der Waals surface area contributed by atoms with E-state index in [0.29, 0.717) is 23.1 Å². The van der Waals surface area contributed by atoms with Crippen LogP contribution >= 0.6 is 23.2 Å². The van der Waals surface area contributed by atoms with Gasteiger partial charge in [0.15, 0.2) is 0 Å². The van der Waals surface area contributed by atoms with E-state index >= 15 is 0 Å². The zero-order valence-corrected chi connectivity index (χ0v) is 18.3. The van der Waals surface area contributed by atoms with Crippen LogP contribution in [0.25, 0.3) is 0 Å². The fourth-order valence-electron chi connectivity index (χ4n) is 3.61. The lowest BCUT2D eigenvalue weighted by molar-refractivity contribution is 0.102. The van der Waals surface area contributed by atoms with Crippen LogP contribution in [0.4, 0.5) is 10.1 Å². The molecule has 3 rings (SSSR count). The molecule has 1 fully saturated rings. The second kappa shape index (κ2) is 8.60. The van der Waals surface area contributed by atoms with Crippen LogP contribution in [0, 0.1) is 17.7 Å². The van der Waals surface area contributed by atoms with Gasteiger partial charge in [-0.25, -0.2) is 12.8 Å². The fourth-order valence-corrected chi connectivity index (χ4v) is 5.85. The Labute approximate surface area is 179 Å². The van der Waals surface area contributed by atoms with Crippen LogP contribution in [-0.4, -0.2) is 31.7 Å². The number of nitrogens with one attached hydrogen (secondary N) is 1. The van der Waals surface area contributed by atoms with E-state index in [-0.39, 0.29) is 28.0 Å². The number of amides is 1. The molecule has 0 aromatic heterocycles. The summed E-state index contributed by atoms with van der Waals surface area (Å²) in [6.07, 6.45) is 0.950. The minimum Gasteiger partial charge on any atom is -0.322 e. The molecule has 1 saturated heterocycles. The predicted octanol–water partition coefficient (Wildman–Crippen LogP) is 5.05. The molecule has 29 heavy (non-hydrogen) atoms. The molecule has 2 atom stereocenters. The maximum atomic E-state index is 14.3. The number of benzene rings is 2. The minimum absolute atomic E-state index is 0.116. The molecule has 1 aliphatic heterocycles. The van der Waals surface area contributed by atoms with E-state index in [1.807, 2.05) is 13.8 Å². The lowest BCUT2D eigenvalue weighted by Gasteiger charge is -2.34. The van der Waals surface area contributed by atoms with Crippen molar-refractivity contribution in [2.24, 2.45) is 11.8 Å². The summed E-state index contributed by atoms with van der Waals surface area (Å²) in [4.78, 5) is 12.5. The molecule has 1 aliphatic rings.